The molecule has 0 N–H and O–H groups in total. The quantitative estimate of drug-likeness (QED) is 0.339. The van der Waals surface area contributed by atoms with Crippen molar-refractivity contribution in [3.8, 4) is 5.69 Å². The van der Waals surface area contributed by atoms with E-state index in [0.717, 1.165) is 12.1 Å². The molecule has 138 valence electrons. The highest BCUT2D eigenvalue weighted by atomic mass is 19.1. The summed E-state index contributed by atoms with van der Waals surface area (Å²) < 4.78 is 73.6. The molecule has 6 heteroatoms. The first-order valence-corrected chi connectivity index (χ1v) is 8.26. The molecule has 0 aliphatic rings. The van der Waals surface area contributed by atoms with E-state index in [1.54, 1.807) is 6.92 Å². The maximum Gasteiger partial charge on any atom is 0.139 e. The van der Waals surface area contributed by atoms with Crippen molar-refractivity contribution in [1.82, 2.24) is 4.57 Å². The van der Waals surface area contributed by atoms with E-state index in [9.17, 15) is 22.0 Å². The number of rotatable bonds is 1. The number of benzene rings is 3. The molecule has 0 atom stereocenters. The molecule has 1 aromatic heterocycles. The summed E-state index contributed by atoms with van der Waals surface area (Å²) in [5.41, 5.74) is 0.0517. The lowest BCUT2D eigenvalue weighted by atomic mass is 10.1. The molecule has 0 fully saturated rings. The zero-order valence-corrected chi connectivity index (χ0v) is 14.7. The van der Waals surface area contributed by atoms with Gasteiger partial charge in [-0.15, -0.1) is 0 Å². The Morgan fingerprint density at radius 3 is 1.56 bits per heavy atom. The number of aryl methyl sites for hydroxylation is 1. The van der Waals surface area contributed by atoms with Gasteiger partial charge in [-0.25, -0.2) is 22.0 Å². The Morgan fingerprint density at radius 2 is 1.11 bits per heavy atom. The average Bonchev–Trinajstić information content (AvgIpc) is 2.94. The zero-order valence-electron chi connectivity index (χ0n) is 14.7. The van der Waals surface area contributed by atoms with Gasteiger partial charge in [0.25, 0.3) is 0 Å². The minimum Gasteiger partial charge on any atom is -0.309 e. The molecule has 27 heavy (non-hydrogen) atoms. The lowest BCUT2D eigenvalue weighted by molar-refractivity contribution is 0.572. The summed E-state index contributed by atoms with van der Waals surface area (Å²) in [5, 5.41) is -0.323. The third-order valence-corrected chi connectivity index (χ3v) is 5.00. The maximum atomic E-state index is 14.9. The molecule has 0 bridgehead atoms. The smallest absolute Gasteiger partial charge is 0.139 e. The van der Waals surface area contributed by atoms with Gasteiger partial charge >= 0.3 is 0 Å². The number of aromatic nitrogens is 1. The fraction of sp³-hybridized carbons (Fsp3) is 0.143. The molecule has 0 aliphatic heterocycles. The molecule has 0 saturated heterocycles. The van der Waals surface area contributed by atoms with Gasteiger partial charge in [-0.05, 0) is 50.6 Å². The summed E-state index contributed by atoms with van der Waals surface area (Å²) >= 11 is 0. The van der Waals surface area contributed by atoms with Crippen molar-refractivity contribution in [3.05, 3.63) is 76.1 Å². The molecule has 4 aromatic rings. The van der Waals surface area contributed by atoms with Crippen LogP contribution >= 0.6 is 0 Å². The first-order chi connectivity index (χ1) is 12.7. The van der Waals surface area contributed by atoms with Crippen LogP contribution < -0.4 is 0 Å². The van der Waals surface area contributed by atoms with E-state index in [-0.39, 0.29) is 38.6 Å². The first-order valence-electron chi connectivity index (χ1n) is 8.26. The number of hydrogen-bond acceptors (Lipinski definition) is 0. The van der Waals surface area contributed by atoms with Crippen molar-refractivity contribution in [2.24, 2.45) is 0 Å². The van der Waals surface area contributed by atoms with Crippen LogP contribution in [0.3, 0.4) is 0 Å². The fourth-order valence-electron chi connectivity index (χ4n) is 3.37. The molecule has 0 spiro atoms. The summed E-state index contributed by atoms with van der Waals surface area (Å²) in [6.45, 7) is 4.05. The van der Waals surface area contributed by atoms with Gasteiger partial charge in [-0.3, -0.25) is 0 Å². The van der Waals surface area contributed by atoms with Crippen LogP contribution in [-0.2, 0) is 0 Å². The molecule has 0 aliphatic carbocycles. The maximum absolute atomic E-state index is 14.9. The van der Waals surface area contributed by atoms with Crippen molar-refractivity contribution in [2.75, 3.05) is 0 Å². The van der Waals surface area contributed by atoms with Crippen LogP contribution in [0.5, 0.6) is 0 Å². The van der Waals surface area contributed by atoms with Crippen molar-refractivity contribution in [2.45, 2.75) is 20.8 Å². The topological polar surface area (TPSA) is 4.93 Å². The summed E-state index contributed by atoms with van der Waals surface area (Å²) in [6, 6.07) is 6.29. The van der Waals surface area contributed by atoms with Gasteiger partial charge in [-0.2, -0.15) is 0 Å². The Labute approximate surface area is 151 Å². The standard InChI is InChI=1S/C21H14F5N/c1-9-4-5-12(6-13(9)22)27-16-7-14(23)10(2)20(25)18(16)19-17(27)8-15(24)11(3)21(19)26/h4-8H,1-3H3. The van der Waals surface area contributed by atoms with E-state index in [2.05, 4.69) is 0 Å². The van der Waals surface area contributed by atoms with Crippen molar-refractivity contribution in [1.29, 1.82) is 0 Å². The molecule has 4 rings (SSSR count). The third-order valence-electron chi connectivity index (χ3n) is 5.00. The summed E-state index contributed by atoms with van der Waals surface area (Å²) in [6.07, 6.45) is 0. The number of halogens is 5. The highest BCUT2D eigenvalue weighted by Crippen LogP contribution is 2.38. The third kappa shape index (κ3) is 2.36. The minimum absolute atomic E-state index is 0.00208. The van der Waals surface area contributed by atoms with Crippen LogP contribution in [0.25, 0.3) is 27.5 Å². The second kappa shape index (κ2) is 5.81. The predicted octanol–water partition coefficient (Wildman–Crippen LogP) is 6.40. The zero-order chi connectivity index (χ0) is 19.6. The lowest BCUT2D eigenvalue weighted by Crippen LogP contribution is -1.98. The Hall–Kier alpha value is -2.89. The van der Waals surface area contributed by atoms with Crippen molar-refractivity contribution >= 4 is 21.8 Å². The van der Waals surface area contributed by atoms with E-state index in [1.807, 2.05) is 0 Å². The van der Waals surface area contributed by atoms with Gasteiger partial charge in [0.05, 0.1) is 11.0 Å². The largest absolute Gasteiger partial charge is 0.309 e. The normalized spacial score (nSPS) is 11.7. The monoisotopic (exact) mass is 375 g/mol. The molecule has 1 nitrogen and oxygen atoms in total. The van der Waals surface area contributed by atoms with Crippen LogP contribution in [-0.4, -0.2) is 4.57 Å². The fourth-order valence-corrected chi connectivity index (χ4v) is 3.37. The molecule has 1 heterocycles. The molecular weight excluding hydrogens is 361 g/mol. The summed E-state index contributed by atoms with van der Waals surface area (Å²) in [5.74, 6) is -4.04. The molecular formula is C21H14F5N. The van der Waals surface area contributed by atoms with Gasteiger partial charge in [-0.1, -0.05) is 6.07 Å². The number of fused-ring (bicyclic) bond motifs is 3. The van der Waals surface area contributed by atoms with Gasteiger partial charge in [0.15, 0.2) is 0 Å². The molecule has 0 radical (unpaired) electrons. The van der Waals surface area contributed by atoms with Crippen LogP contribution in [0.4, 0.5) is 22.0 Å². The van der Waals surface area contributed by atoms with Gasteiger partial charge < -0.3 is 4.57 Å². The van der Waals surface area contributed by atoms with E-state index >= 15 is 0 Å². The van der Waals surface area contributed by atoms with Crippen LogP contribution in [0.15, 0.2) is 30.3 Å². The van der Waals surface area contributed by atoms with Crippen LogP contribution in [0.1, 0.15) is 16.7 Å². The molecule has 0 amide bonds. The Morgan fingerprint density at radius 1 is 0.630 bits per heavy atom. The molecule has 3 aromatic carbocycles. The number of nitrogens with zero attached hydrogens (tertiary/aromatic N) is 1. The second-order valence-corrected chi connectivity index (χ2v) is 6.65. The van der Waals surface area contributed by atoms with Crippen LogP contribution in [0.2, 0.25) is 0 Å². The lowest BCUT2D eigenvalue weighted by Gasteiger charge is -2.10. The Bertz CT molecular complexity index is 1180. The first kappa shape index (κ1) is 17.5. The van der Waals surface area contributed by atoms with Crippen molar-refractivity contribution in [3.63, 3.8) is 0 Å². The Kier molecular flexibility index (Phi) is 3.77. The summed E-state index contributed by atoms with van der Waals surface area (Å²) in [7, 11) is 0. The minimum atomic E-state index is -0.925. The Balaban J connectivity index is 2.31. The number of hydrogen-bond donors (Lipinski definition) is 0. The highest BCUT2D eigenvalue weighted by Gasteiger charge is 2.24. The van der Waals surface area contributed by atoms with E-state index in [4.69, 9.17) is 0 Å². The summed E-state index contributed by atoms with van der Waals surface area (Å²) in [4.78, 5) is 0. The average molecular weight is 375 g/mol. The van der Waals surface area contributed by atoms with Crippen molar-refractivity contribution < 1.29 is 22.0 Å². The SMILES string of the molecule is Cc1ccc(-n2c3cc(F)c(C)c(F)c3c3c(F)c(C)c(F)cc32)cc1F. The second-order valence-electron chi connectivity index (χ2n) is 6.65. The van der Waals surface area contributed by atoms with Crippen LogP contribution in [0, 0.1) is 49.9 Å². The highest BCUT2D eigenvalue weighted by molar-refractivity contribution is 6.10. The molecule has 0 unspecified atom stereocenters. The van der Waals surface area contributed by atoms with Gasteiger partial charge in [0.1, 0.15) is 29.1 Å². The van der Waals surface area contributed by atoms with Gasteiger partial charge in [0.2, 0.25) is 0 Å². The van der Waals surface area contributed by atoms with Gasteiger partial charge in [0, 0.05) is 27.6 Å². The van der Waals surface area contributed by atoms with E-state index in [0.29, 0.717) is 5.56 Å². The van der Waals surface area contributed by atoms with E-state index in [1.165, 1.54) is 36.6 Å². The van der Waals surface area contributed by atoms with E-state index < -0.39 is 29.1 Å². The predicted molar refractivity (Wildman–Crippen MR) is 94.8 cm³/mol. The molecule has 0 saturated carbocycles.